The molecule has 3 nitrogen and oxygen atoms in total. The second-order valence-electron chi connectivity index (χ2n) is 5.58. The molecule has 0 aliphatic heterocycles. The van der Waals surface area contributed by atoms with Gasteiger partial charge in [0.25, 0.3) is 0 Å². The van der Waals surface area contributed by atoms with E-state index in [1.807, 2.05) is 20.2 Å². The van der Waals surface area contributed by atoms with Crippen molar-refractivity contribution in [3.05, 3.63) is 24.3 Å². The summed E-state index contributed by atoms with van der Waals surface area (Å²) in [5.74, 6) is 0. The Morgan fingerprint density at radius 2 is 1.94 bits per heavy atom. The van der Waals surface area contributed by atoms with E-state index in [1.54, 1.807) is 0 Å². The summed E-state index contributed by atoms with van der Waals surface area (Å²) in [6.07, 6.45) is 5.41. The van der Waals surface area contributed by atoms with Gasteiger partial charge in [-0.15, -0.1) is 0 Å². The molecule has 0 bridgehead atoms. The summed E-state index contributed by atoms with van der Waals surface area (Å²) in [6.45, 7) is 0.657. The van der Waals surface area contributed by atoms with Crippen molar-refractivity contribution in [2.45, 2.75) is 37.7 Å². The maximum absolute atomic E-state index is 10.4. The molecule has 0 unspecified atom stereocenters. The molecule has 0 amide bonds. The van der Waals surface area contributed by atoms with E-state index >= 15 is 0 Å². The smallest absolute Gasteiger partial charge is 0.0819 e. The maximum atomic E-state index is 10.4. The molecule has 18 heavy (non-hydrogen) atoms. The second-order valence-corrected chi connectivity index (χ2v) is 5.58. The van der Waals surface area contributed by atoms with Gasteiger partial charge in [0.05, 0.1) is 5.60 Å². The molecule has 1 aromatic carbocycles. The van der Waals surface area contributed by atoms with E-state index in [1.165, 1.54) is 12.1 Å². The largest absolute Gasteiger partial charge is 0.388 e. The van der Waals surface area contributed by atoms with E-state index in [0.717, 1.165) is 31.4 Å². The minimum absolute atomic E-state index is 0.508. The van der Waals surface area contributed by atoms with Gasteiger partial charge in [-0.1, -0.05) is 25.3 Å². The minimum Gasteiger partial charge on any atom is -0.388 e. The average Bonchev–Trinajstić information content (AvgIpc) is 2.38. The monoisotopic (exact) mass is 248 g/mol. The van der Waals surface area contributed by atoms with E-state index in [2.05, 4.69) is 28.4 Å². The van der Waals surface area contributed by atoms with Gasteiger partial charge in [0.2, 0.25) is 0 Å². The molecule has 0 spiro atoms. The first-order valence-electron chi connectivity index (χ1n) is 6.83. The molecule has 2 rings (SSSR count). The van der Waals surface area contributed by atoms with E-state index < -0.39 is 5.60 Å². The molecule has 3 heteroatoms. The van der Waals surface area contributed by atoms with E-state index in [9.17, 15) is 5.11 Å². The first-order chi connectivity index (χ1) is 8.59. The number of hydrogen-bond acceptors (Lipinski definition) is 3. The molecule has 0 radical (unpaired) electrons. The van der Waals surface area contributed by atoms with Crippen LogP contribution in [0.2, 0.25) is 0 Å². The topological polar surface area (TPSA) is 35.5 Å². The van der Waals surface area contributed by atoms with E-state index in [4.69, 9.17) is 0 Å². The summed E-state index contributed by atoms with van der Waals surface area (Å²) in [5.41, 5.74) is 1.75. The predicted molar refractivity (Wildman–Crippen MR) is 77.3 cm³/mol. The fraction of sp³-hybridized carbons (Fsp3) is 0.600. The molecule has 1 saturated carbocycles. The number of rotatable bonds is 4. The fourth-order valence-electron chi connectivity index (χ4n) is 2.55. The third-order valence-corrected chi connectivity index (χ3v) is 3.77. The lowest BCUT2D eigenvalue weighted by Crippen LogP contribution is -2.38. The minimum atomic E-state index is -0.508. The van der Waals surface area contributed by atoms with Gasteiger partial charge >= 0.3 is 0 Å². The first kappa shape index (κ1) is 13.2. The first-order valence-corrected chi connectivity index (χ1v) is 6.83. The van der Waals surface area contributed by atoms with Gasteiger partial charge in [-0.2, -0.15) is 0 Å². The molecule has 0 heterocycles. The van der Waals surface area contributed by atoms with Crippen molar-refractivity contribution in [3.63, 3.8) is 0 Å². The van der Waals surface area contributed by atoms with E-state index in [-0.39, 0.29) is 0 Å². The third-order valence-electron chi connectivity index (χ3n) is 3.77. The van der Waals surface area contributed by atoms with Crippen LogP contribution in [0, 0.1) is 0 Å². The van der Waals surface area contributed by atoms with Crippen molar-refractivity contribution in [3.8, 4) is 0 Å². The maximum Gasteiger partial charge on any atom is 0.0819 e. The van der Waals surface area contributed by atoms with Gasteiger partial charge in [-0.05, 0) is 31.0 Å². The highest BCUT2D eigenvalue weighted by Crippen LogP contribution is 2.28. The van der Waals surface area contributed by atoms with Crippen LogP contribution in [0.4, 0.5) is 11.4 Å². The predicted octanol–water partition coefficient (Wildman–Crippen LogP) is 2.86. The Morgan fingerprint density at radius 1 is 1.22 bits per heavy atom. The van der Waals surface area contributed by atoms with E-state index in [0.29, 0.717) is 6.54 Å². The zero-order valence-corrected chi connectivity index (χ0v) is 11.4. The van der Waals surface area contributed by atoms with Crippen LogP contribution in [0.15, 0.2) is 24.3 Å². The molecule has 1 aliphatic carbocycles. The van der Waals surface area contributed by atoms with Crippen LogP contribution >= 0.6 is 0 Å². The van der Waals surface area contributed by atoms with Crippen molar-refractivity contribution < 1.29 is 5.11 Å². The van der Waals surface area contributed by atoms with Crippen molar-refractivity contribution in [1.82, 2.24) is 0 Å². The summed E-state index contributed by atoms with van der Waals surface area (Å²) < 4.78 is 0. The molecule has 2 N–H and O–H groups in total. The summed E-state index contributed by atoms with van der Waals surface area (Å²) in [5, 5.41) is 13.8. The van der Waals surface area contributed by atoms with Crippen molar-refractivity contribution in [2.24, 2.45) is 0 Å². The molecular weight excluding hydrogens is 224 g/mol. The van der Waals surface area contributed by atoms with Gasteiger partial charge in [0.15, 0.2) is 0 Å². The number of nitrogens with one attached hydrogen (secondary N) is 1. The lowest BCUT2D eigenvalue weighted by molar-refractivity contribution is 0.0167. The SMILES string of the molecule is CN(C)c1cccc(NCC2(O)CCCCC2)c1. The van der Waals surface area contributed by atoms with Crippen molar-refractivity contribution in [2.75, 3.05) is 30.9 Å². The lowest BCUT2D eigenvalue weighted by atomic mass is 9.85. The third kappa shape index (κ3) is 3.39. The fourth-order valence-corrected chi connectivity index (χ4v) is 2.55. The van der Waals surface area contributed by atoms with Crippen LogP contribution in [0.25, 0.3) is 0 Å². The molecule has 1 fully saturated rings. The zero-order chi connectivity index (χ0) is 13.0. The van der Waals surface area contributed by atoms with Crippen LogP contribution in [0.3, 0.4) is 0 Å². The molecule has 100 valence electrons. The summed E-state index contributed by atoms with van der Waals surface area (Å²) in [4.78, 5) is 2.08. The van der Waals surface area contributed by atoms with Crippen LogP contribution < -0.4 is 10.2 Å². The summed E-state index contributed by atoms with van der Waals surface area (Å²) >= 11 is 0. The Kier molecular flexibility index (Phi) is 4.12. The number of benzene rings is 1. The standard InChI is InChI=1S/C15H24N2O/c1-17(2)14-8-6-7-13(11-14)16-12-15(18)9-4-3-5-10-15/h6-8,11,16,18H,3-5,9-10,12H2,1-2H3. The molecule has 1 aromatic rings. The Bertz CT molecular complexity index is 384. The zero-order valence-electron chi connectivity index (χ0n) is 11.4. The molecular formula is C15H24N2O. The number of hydrogen-bond donors (Lipinski definition) is 2. The van der Waals surface area contributed by atoms with Crippen molar-refractivity contribution in [1.29, 1.82) is 0 Å². The van der Waals surface area contributed by atoms with Gasteiger partial charge in [0, 0.05) is 32.0 Å². The number of anilines is 2. The Hall–Kier alpha value is -1.22. The van der Waals surface area contributed by atoms with Crippen LogP contribution in [0.1, 0.15) is 32.1 Å². The van der Waals surface area contributed by atoms with Gasteiger partial charge in [-0.25, -0.2) is 0 Å². The highest BCUT2D eigenvalue weighted by atomic mass is 16.3. The summed E-state index contributed by atoms with van der Waals surface area (Å²) in [6, 6.07) is 8.30. The Morgan fingerprint density at radius 3 is 2.61 bits per heavy atom. The van der Waals surface area contributed by atoms with Gasteiger partial charge in [-0.3, -0.25) is 0 Å². The Labute approximate surface area is 110 Å². The van der Waals surface area contributed by atoms with Crippen molar-refractivity contribution >= 4 is 11.4 Å². The molecule has 0 saturated heterocycles. The average molecular weight is 248 g/mol. The molecule has 0 atom stereocenters. The number of aliphatic hydroxyl groups is 1. The second kappa shape index (κ2) is 5.61. The van der Waals surface area contributed by atoms with Gasteiger partial charge in [0.1, 0.15) is 0 Å². The molecule has 0 aromatic heterocycles. The van der Waals surface area contributed by atoms with Crippen LogP contribution in [0.5, 0.6) is 0 Å². The van der Waals surface area contributed by atoms with Gasteiger partial charge < -0.3 is 15.3 Å². The highest BCUT2D eigenvalue weighted by molar-refractivity contribution is 5.57. The highest BCUT2D eigenvalue weighted by Gasteiger charge is 2.28. The Balaban J connectivity index is 1.95. The lowest BCUT2D eigenvalue weighted by Gasteiger charge is -2.32. The normalized spacial score (nSPS) is 18.4. The quantitative estimate of drug-likeness (QED) is 0.860. The van der Waals surface area contributed by atoms with Crippen LogP contribution in [-0.4, -0.2) is 31.3 Å². The number of nitrogens with zero attached hydrogens (tertiary/aromatic N) is 1. The molecule has 1 aliphatic rings. The summed E-state index contributed by atoms with van der Waals surface area (Å²) in [7, 11) is 4.07. The van der Waals surface area contributed by atoms with Crippen LogP contribution in [-0.2, 0) is 0 Å².